The first-order valence-corrected chi connectivity index (χ1v) is 9.24. The van der Waals surface area contributed by atoms with Crippen LogP contribution in [0.3, 0.4) is 0 Å². The summed E-state index contributed by atoms with van der Waals surface area (Å²) >= 11 is 0. The summed E-state index contributed by atoms with van der Waals surface area (Å²) < 4.78 is 32.2. The van der Waals surface area contributed by atoms with Gasteiger partial charge >= 0.3 is 5.69 Å². The molecule has 0 aliphatic rings. The summed E-state index contributed by atoms with van der Waals surface area (Å²) in [7, 11) is -4.57. The van der Waals surface area contributed by atoms with Gasteiger partial charge < -0.3 is 10.2 Å². The van der Waals surface area contributed by atoms with E-state index in [0.717, 1.165) is 12.1 Å². The van der Waals surface area contributed by atoms with Crippen molar-refractivity contribution in [2.24, 2.45) is 10.2 Å². The van der Waals surface area contributed by atoms with Crippen LogP contribution in [0, 0.1) is 20.2 Å². The smallest absolute Gasteiger partial charge is 0.307 e. The Balaban J connectivity index is 0.00000341. The molecule has 0 aromatic heterocycles. The van der Waals surface area contributed by atoms with E-state index in [1.807, 2.05) is 0 Å². The van der Waals surface area contributed by atoms with Gasteiger partial charge in [-0.05, 0) is 12.1 Å². The molecule has 0 aliphatic carbocycles. The summed E-state index contributed by atoms with van der Waals surface area (Å²) in [6, 6.07) is 7.31. The molecule has 0 fully saturated rings. The molecule has 31 heavy (non-hydrogen) atoms. The minimum absolute atomic E-state index is 0. The molecule has 0 unspecified atom stereocenters. The average molecular weight is 457 g/mol. The van der Waals surface area contributed by atoms with Crippen LogP contribution in [0.4, 0.5) is 22.7 Å². The van der Waals surface area contributed by atoms with Gasteiger partial charge in [-0.2, -0.15) is 8.42 Å². The van der Waals surface area contributed by atoms with E-state index in [1.54, 1.807) is 0 Å². The Bertz CT molecular complexity index is 1360. The van der Waals surface area contributed by atoms with Crippen LogP contribution in [0.5, 0.6) is 11.5 Å². The van der Waals surface area contributed by atoms with Crippen molar-refractivity contribution >= 4 is 73.2 Å². The number of hydrogen-bond acceptors (Lipinski definition) is 10. The molecule has 3 rings (SSSR count). The van der Waals surface area contributed by atoms with E-state index in [4.69, 9.17) is 0 Å². The number of non-ortho nitro benzene ring substituents is 1. The Kier molecular flexibility index (Phi) is 6.93. The van der Waals surface area contributed by atoms with Crippen LogP contribution in [0.25, 0.3) is 10.8 Å². The fraction of sp³-hybridized carbons (Fsp3) is 0. The molecular weight excluding hydrogens is 447 g/mol. The van der Waals surface area contributed by atoms with Crippen molar-refractivity contribution in [3.8, 4) is 11.5 Å². The van der Waals surface area contributed by atoms with E-state index in [9.17, 15) is 43.4 Å². The standard InChI is InChI=1S/C16H10N4O9S.Na/c21-13-7-8(19(23)24)6-12(20(25)26)15(13)18-17-11-5-4-9-10(16(11)22)2-1-3-14(9)30(27,28)29;/h1-7,21-22H,(H,27,28,29);. The molecule has 0 heterocycles. The summed E-state index contributed by atoms with van der Waals surface area (Å²) in [5.74, 6) is -1.43. The van der Waals surface area contributed by atoms with Crippen molar-refractivity contribution in [3.05, 3.63) is 62.7 Å². The third-order valence-corrected chi connectivity index (χ3v) is 4.88. The van der Waals surface area contributed by atoms with Crippen molar-refractivity contribution in [2.75, 3.05) is 0 Å². The van der Waals surface area contributed by atoms with Gasteiger partial charge in [-0.3, -0.25) is 24.8 Å². The Labute approximate surface area is 195 Å². The number of phenols is 2. The molecule has 0 atom stereocenters. The van der Waals surface area contributed by atoms with Crippen LogP contribution in [-0.2, 0) is 10.1 Å². The number of nitro groups is 2. The minimum Gasteiger partial charge on any atom is -0.505 e. The van der Waals surface area contributed by atoms with E-state index >= 15 is 0 Å². The first-order chi connectivity index (χ1) is 14.0. The molecule has 1 radical (unpaired) electrons. The number of azo groups is 1. The van der Waals surface area contributed by atoms with Crippen LogP contribution in [0.1, 0.15) is 0 Å². The molecule has 155 valence electrons. The van der Waals surface area contributed by atoms with Gasteiger partial charge in [0, 0.05) is 40.3 Å². The molecule has 3 aromatic carbocycles. The maximum atomic E-state index is 11.5. The summed E-state index contributed by atoms with van der Waals surface area (Å²) in [6.07, 6.45) is 0. The zero-order valence-corrected chi connectivity index (χ0v) is 18.3. The second kappa shape index (κ2) is 8.91. The summed E-state index contributed by atoms with van der Waals surface area (Å²) in [5, 5.41) is 49.4. The fourth-order valence-electron chi connectivity index (χ4n) is 2.65. The molecule has 0 saturated heterocycles. The van der Waals surface area contributed by atoms with Gasteiger partial charge in [0.2, 0.25) is 5.69 Å². The predicted molar refractivity (Wildman–Crippen MR) is 107 cm³/mol. The number of benzene rings is 3. The van der Waals surface area contributed by atoms with Gasteiger partial charge in [-0.25, -0.2) is 0 Å². The van der Waals surface area contributed by atoms with Gasteiger partial charge in [-0.15, -0.1) is 10.2 Å². The van der Waals surface area contributed by atoms with Gasteiger partial charge in [0.1, 0.15) is 10.6 Å². The van der Waals surface area contributed by atoms with Crippen LogP contribution in [-0.4, -0.2) is 62.6 Å². The first-order valence-electron chi connectivity index (χ1n) is 7.80. The molecule has 15 heteroatoms. The molecule has 0 bridgehead atoms. The predicted octanol–water partition coefficient (Wildman–Crippen LogP) is 3.35. The maximum absolute atomic E-state index is 11.5. The summed E-state index contributed by atoms with van der Waals surface area (Å²) in [5.41, 5.74) is -2.55. The number of rotatable bonds is 5. The normalized spacial score (nSPS) is 11.4. The van der Waals surface area contributed by atoms with E-state index in [0.29, 0.717) is 12.1 Å². The number of phenolic OH excluding ortho intramolecular Hbond substituents is 2. The van der Waals surface area contributed by atoms with Crippen molar-refractivity contribution in [1.82, 2.24) is 0 Å². The minimum atomic E-state index is -4.57. The number of hydrogen-bond donors (Lipinski definition) is 3. The Morgan fingerprint density at radius 2 is 1.58 bits per heavy atom. The topological polar surface area (TPSA) is 206 Å². The molecule has 3 N–H and O–H groups in total. The van der Waals surface area contributed by atoms with Crippen LogP contribution in [0.15, 0.2) is 57.6 Å². The number of nitro benzene ring substituents is 2. The molecule has 0 spiro atoms. The van der Waals surface area contributed by atoms with E-state index in [2.05, 4.69) is 10.2 Å². The molecule has 0 aliphatic heterocycles. The molecule has 13 nitrogen and oxygen atoms in total. The van der Waals surface area contributed by atoms with Gasteiger partial charge in [0.25, 0.3) is 15.8 Å². The van der Waals surface area contributed by atoms with Crippen molar-refractivity contribution in [1.29, 1.82) is 0 Å². The monoisotopic (exact) mass is 457 g/mol. The maximum Gasteiger partial charge on any atom is 0.307 e. The Morgan fingerprint density at radius 1 is 0.903 bits per heavy atom. The Hall–Kier alpha value is -3.17. The zero-order valence-electron chi connectivity index (χ0n) is 15.5. The van der Waals surface area contributed by atoms with Crippen molar-refractivity contribution in [2.45, 2.75) is 4.90 Å². The zero-order chi connectivity index (χ0) is 22.2. The average Bonchev–Trinajstić information content (AvgIpc) is 2.66. The van der Waals surface area contributed by atoms with Gasteiger partial charge in [-0.1, -0.05) is 18.2 Å². The first kappa shape index (κ1) is 24.1. The van der Waals surface area contributed by atoms with Crippen LogP contribution < -0.4 is 0 Å². The van der Waals surface area contributed by atoms with Crippen molar-refractivity contribution in [3.63, 3.8) is 0 Å². The third-order valence-electron chi connectivity index (χ3n) is 3.97. The van der Waals surface area contributed by atoms with Gasteiger partial charge in [0.05, 0.1) is 22.0 Å². The quantitative estimate of drug-likeness (QED) is 0.168. The molecule has 0 amide bonds. The SMILES string of the molecule is O=[N+]([O-])c1cc(O)c(N=Nc2ccc3c(S(=O)(=O)O)cccc3c2O)c([N+](=O)[O-])c1.[Na]. The number of aromatic hydroxyl groups is 2. The fourth-order valence-corrected chi connectivity index (χ4v) is 3.35. The second-order valence-corrected chi connectivity index (χ2v) is 7.20. The molecule has 0 saturated carbocycles. The van der Waals surface area contributed by atoms with E-state index < -0.39 is 53.4 Å². The van der Waals surface area contributed by atoms with E-state index in [1.165, 1.54) is 18.2 Å². The number of fused-ring (bicyclic) bond motifs is 1. The van der Waals surface area contributed by atoms with Crippen molar-refractivity contribution < 1.29 is 33.0 Å². The van der Waals surface area contributed by atoms with E-state index in [-0.39, 0.29) is 46.0 Å². The summed E-state index contributed by atoms with van der Waals surface area (Å²) in [4.78, 5) is 19.6. The summed E-state index contributed by atoms with van der Waals surface area (Å²) in [6.45, 7) is 0. The van der Waals surface area contributed by atoms with Crippen LogP contribution >= 0.6 is 0 Å². The van der Waals surface area contributed by atoms with Gasteiger partial charge in [0.15, 0.2) is 11.5 Å². The second-order valence-electron chi connectivity index (χ2n) is 5.81. The molecular formula is C16H10N4NaO9S. The number of nitrogens with zero attached hydrogens (tertiary/aromatic N) is 4. The van der Waals surface area contributed by atoms with Crippen LogP contribution in [0.2, 0.25) is 0 Å². The molecule has 3 aromatic rings. The third kappa shape index (κ3) is 4.78. The Morgan fingerprint density at radius 3 is 2.16 bits per heavy atom. The largest absolute Gasteiger partial charge is 0.505 e.